The van der Waals surface area contributed by atoms with Crippen LogP contribution in [0.2, 0.25) is 0 Å². The highest BCUT2D eigenvalue weighted by Gasteiger charge is 2.33. The predicted molar refractivity (Wildman–Crippen MR) is 178 cm³/mol. The molecular weight excluding hydrogens is 635 g/mol. The summed E-state index contributed by atoms with van der Waals surface area (Å²) in [5.74, 6) is -1.20. The molecule has 1 amide bonds. The molecule has 4 aromatic rings. The predicted octanol–water partition coefficient (Wildman–Crippen LogP) is 6.26. The Bertz CT molecular complexity index is 1920. The number of rotatable bonds is 6. The Balaban J connectivity index is 1.46. The highest BCUT2D eigenvalue weighted by Crippen LogP contribution is 2.34. The van der Waals surface area contributed by atoms with Gasteiger partial charge in [-0.05, 0) is 74.3 Å². The van der Waals surface area contributed by atoms with Crippen molar-refractivity contribution >= 4 is 21.9 Å². The molecule has 0 radical (unpaired) electrons. The number of aromatic nitrogens is 4. The van der Waals surface area contributed by atoms with Crippen molar-refractivity contribution < 1.29 is 27.1 Å². The molecule has 48 heavy (non-hydrogen) atoms. The Kier molecular flexibility index (Phi) is 9.08. The van der Waals surface area contributed by atoms with Gasteiger partial charge in [0.2, 0.25) is 11.8 Å². The molecule has 252 valence electrons. The van der Waals surface area contributed by atoms with Crippen molar-refractivity contribution in [1.82, 2.24) is 24.8 Å². The minimum atomic E-state index is -4.31. The number of sulfonamides is 1. The number of hydrogen-bond donors (Lipinski definition) is 1. The molecule has 1 saturated carbocycles. The van der Waals surface area contributed by atoms with E-state index >= 15 is 4.39 Å². The fourth-order valence-electron chi connectivity index (χ4n) is 5.89. The third-order valence-corrected chi connectivity index (χ3v) is 9.79. The van der Waals surface area contributed by atoms with Crippen molar-refractivity contribution in [2.75, 3.05) is 11.3 Å². The number of carbonyl (C=O) groups excluding carboxylic acids is 1. The van der Waals surface area contributed by atoms with E-state index < -0.39 is 33.7 Å². The Labute approximate surface area is 280 Å². The van der Waals surface area contributed by atoms with Gasteiger partial charge >= 0.3 is 0 Å². The first-order valence-corrected chi connectivity index (χ1v) is 17.4. The molecule has 11 nitrogen and oxygen atoms in total. The average molecular weight is 675 g/mol. The SMILES string of the molecule is Cc1cccc(C)c1-c1nc2nc(c1F)OC[C@@H](CC(C)(C)C)N(Cc1ncc(OC3CCC3)cn1)C(=O)c1cccc(c1)S(=O)(=O)N2. The van der Waals surface area contributed by atoms with E-state index in [0.29, 0.717) is 23.6 Å². The Morgan fingerprint density at radius 1 is 1.04 bits per heavy atom. The lowest BCUT2D eigenvalue weighted by atomic mass is 9.87. The van der Waals surface area contributed by atoms with Crippen molar-refractivity contribution in [3.05, 3.63) is 83.2 Å². The zero-order valence-corrected chi connectivity index (χ0v) is 28.5. The van der Waals surface area contributed by atoms with Gasteiger partial charge in [0, 0.05) is 11.1 Å². The second kappa shape index (κ2) is 13.1. The number of benzene rings is 2. The van der Waals surface area contributed by atoms with Crippen LogP contribution in [0.25, 0.3) is 11.3 Å². The van der Waals surface area contributed by atoms with E-state index in [-0.39, 0.29) is 46.8 Å². The smallest absolute Gasteiger partial charge is 0.264 e. The van der Waals surface area contributed by atoms with Gasteiger partial charge in [0.25, 0.3) is 21.8 Å². The maximum atomic E-state index is 16.3. The summed E-state index contributed by atoms with van der Waals surface area (Å²) in [6, 6.07) is 10.6. The van der Waals surface area contributed by atoms with Crippen LogP contribution in [0.15, 0.2) is 59.8 Å². The first-order chi connectivity index (χ1) is 22.8. The molecular formula is C35H39FN6O5S. The molecule has 1 aliphatic carbocycles. The number of fused-ring (bicyclic) bond motifs is 4. The van der Waals surface area contributed by atoms with Crippen LogP contribution in [0.1, 0.15) is 73.8 Å². The summed E-state index contributed by atoms with van der Waals surface area (Å²) in [5.41, 5.74) is 1.71. The maximum absolute atomic E-state index is 16.3. The topological polar surface area (TPSA) is 136 Å². The van der Waals surface area contributed by atoms with Crippen LogP contribution in [0.3, 0.4) is 0 Å². The molecule has 4 bridgehead atoms. The van der Waals surface area contributed by atoms with E-state index in [1.54, 1.807) is 23.4 Å². The van der Waals surface area contributed by atoms with Gasteiger partial charge in [-0.1, -0.05) is 45.0 Å². The molecule has 1 fully saturated rings. The number of anilines is 1. The van der Waals surface area contributed by atoms with E-state index in [4.69, 9.17) is 9.47 Å². The van der Waals surface area contributed by atoms with Gasteiger partial charge in [0.05, 0.1) is 36.0 Å². The van der Waals surface area contributed by atoms with E-state index in [1.807, 2.05) is 52.8 Å². The standard InChI is InChI=1S/C35H39FN6O5S/c1-21-9-6-10-22(2)29(21)31-30(36)32-40-34(39-31)41-48(44,45)27-14-7-11-23(15-27)33(43)42(24(20-46-32)16-35(3,4)5)19-28-37-17-26(18-38-28)47-25-12-8-13-25/h6-7,9-11,14-15,17-18,24-25H,8,12-13,16,19-20H2,1-5H3,(H,39,40,41)/t24-/m1/s1. The molecule has 3 heterocycles. The Morgan fingerprint density at radius 3 is 2.38 bits per heavy atom. The van der Waals surface area contributed by atoms with Gasteiger partial charge < -0.3 is 14.4 Å². The van der Waals surface area contributed by atoms with Crippen LogP contribution >= 0.6 is 0 Å². The minimum absolute atomic E-state index is 0.0208. The van der Waals surface area contributed by atoms with Gasteiger partial charge in [-0.3, -0.25) is 4.79 Å². The van der Waals surface area contributed by atoms with Crippen molar-refractivity contribution in [2.24, 2.45) is 5.41 Å². The molecule has 1 N–H and O–H groups in total. The van der Waals surface area contributed by atoms with Crippen molar-refractivity contribution in [2.45, 2.75) is 83.9 Å². The monoisotopic (exact) mass is 674 g/mol. The second-order valence-corrected chi connectivity index (χ2v) is 15.3. The number of nitrogens with one attached hydrogen (secondary N) is 1. The number of hydrogen-bond acceptors (Lipinski definition) is 9. The normalized spacial score (nSPS) is 18.0. The number of amides is 1. The number of nitrogens with zero attached hydrogens (tertiary/aromatic N) is 5. The molecule has 1 aliphatic heterocycles. The molecule has 6 rings (SSSR count). The summed E-state index contributed by atoms with van der Waals surface area (Å²) >= 11 is 0. The maximum Gasteiger partial charge on any atom is 0.264 e. The van der Waals surface area contributed by atoms with Crippen LogP contribution in [0.5, 0.6) is 11.6 Å². The summed E-state index contributed by atoms with van der Waals surface area (Å²) in [7, 11) is -4.31. The molecule has 2 aliphatic rings. The molecule has 2 aromatic carbocycles. The first kappa shape index (κ1) is 33.3. The lowest BCUT2D eigenvalue weighted by molar-refractivity contribution is 0.0500. The lowest BCUT2D eigenvalue weighted by Crippen LogP contribution is -2.45. The van der Waals surface area contributed by atoms with Gasteiger partial charge in [-0.25, -0.2) is 28.1 Å². The third-order valence-electron chi connectivity index (χ3n) is 8.47. The van der Waals surface area contributed by atoms with Gasteiger partial charge in [-0.15, -0.1) is 0 Å². The lowest BCUT2D eigenvalue weighted by Gasteiger charge is -2.35. The summed E-state index contributed by atoms with van der Waals surface area (Å²) in [6.07, 6.45) is 6.89. The molecule has 0 saturated heterocycles. The second-order valence-electron chi connectivity index (χ2n) is 13.6. The molecule has 0 spiro atoms. The fourth-order valence-corrected chi connectivity index (χ4v) is 6.88. The number of carbonyl (C=O) groups is 1. The zero-order valence-electron chi connectivity index (χ0n) is 27.7. The summed E-state index contributed by atoms with van der Waals surface area (Å²) in [5, 5.41) is 0. The fraction of sp³-hybridized carbons (Fsp3) is 0.400. The average Bonchev–Trinajstić information content (AvgIpc) is 3.01. The number of aryl methyl sites for hydroxylation is 2. The summed E-state index contributed by atoms with van der Waals surface area (Å²) in [6.45, 7) is 9.54. The van der Waals surface area contributed by atoms with Crippen LogP contribution < -0.4 is 14.2 Å². The Hall–Kier alpha value is -4.65. The highest BCUT2D eigenvalue weighted by atomic mass is 32.2. The van der Waals surface area contributed by atoms with E-state index in [9.17, 15) is 13.2 Å². The third kappa shape index (κ3) is 7.25. The molecule has 13 heteroatoms. The largest absolute Gasteiger partial charge is 0.487 e. The first-order valence-electron chi connectivity index (χ1n) is 16.0. The van der Waals surface area contributed by atoms with Crippen LogP contribution in [-0.2, 0) is 16.6 Å². The van der Waals surface area contributed by atoms with Gasteiger partial charge in [0.15, 0.2) is 5.75 Å². The van der Waals surface area contributed by atoms with Crippen LogP contribution in [0.4, 0.5) is 10.3 Å². The number of ether oxygens (including phenoxy) is 2. The summed E-state index contributed by atoms with van der Waals surface area (Å²) in [4.78, 5) is 33.2. The van der Waals surface area contributed by atoms with E-state index in [1.165, 1.54) is 18.2 Å². The van der Waals surface area contributed by atoms with Crippen molar-refractivity contribution in [1.29, 1.82) is 0 Å². The Morgan fingerprint density at radius 2 is 1.73 bits per heavy atom. The van der Waals surface area contributed by atoms with Crippen LogP contribution in [0, 0.1) is 25.1 Å². The van der Waals surface area contributed by atoms with Crippen LogP contribution in [-0.4, -0.2) is 57.9 Å². The summed E-state index contributed by atoms with van der Waals surface area (Å²) < 4.78 is 57.9. The van der Waals surface area contributed by atoms with E-state index in [0.717, 1.165) is 30.4 Å². The van der Waals surface area contributed by atoms with E-state index in [2.05, 4.69) is 24.7 Å². The number of halogens is 1. The van der Waals surface area contributed by atoms with Crippen molar-refractivity contribution in [3.8, 4) is 22.9 Å². The molecule has 1 atom stereocenters. The van der Waals surface area contributed by atoms with Gasteiger partial charge in [-0.2, -0.15) is 9.37 Å². The highest BCUT2D eigenvalue weighted by molar-refractivity contribution is 7.92. The van der Waals surface area contributed by atoms with Crippen molar-refractivity contribution in [3.63, 3.8) is 0 Å². The van der Waals surface area contributed by atoms with Gasteiger partial charge in [0.1, 0.15) is 18.1 Å². The zero-order chi connectivity index (χ0) is 34.2. The minimum Gasteiger partial charge on any atom is -0.487 e. The molecule has 2 aromatic heterocycles. The molecule has 0 unspecified atom stereocenters. The quantitative estimate of drug-likeness (QED) is 0.251.